The topological polar surface area (TPSA) is 49.3 Å². The summed E-state index contributed by atoms with van der Waals surface area (Å²) in [5.41, 5.74) is 1.50. The molecule has 2 heterocycles. The van der Waals surface area contributed by atoms with E-state index in [2.05, 4.69) is 18.3 Å². The quantitative estimate of drug-likeness (QED) is 0.865. The van der Waals surface area contributed by atoms with Crippen molar-refractivity contribution in [2.75, 3.05) is 5.32 Å². The maximum absolute atomic E-state index is 13.9. The number of rotatable bonds is 3. The lowest BCUT2D eigenvalue weighted by Gasteiger charge is -2.28. The van der Waals surface area contributed by atoms with Crippen molar-refractivity contribution in [3.05, 3.63) is 46.6 Å². The molecule has 0 spiro atoms. The Kier molecular flexibility index (Phi) is 3.91. The number of nitrogens with one attached hydrogen (secondary N) is 1. The van der Waals surface area contributed by atoms with Crippen molar-refractivity contribution < 1.29 is 14.3 Å². The molecule has 0 aliphatic carbocycles. The number of hydrogen-bond acceptors (Lipinski definition) is 4. The molecule has 2 N–H and O–H groups in total. The highest BCUT2D eigenvalue weighted by atomic mass is 32.2. The van der Waals surface area contributed by atoms with E-state index in [4.69, 9.17) is 5.11 Å². The van der Waals surface area contributed by atoms with Gasteiger partial charge in [-0.05, 0) is 41.6 Å². The van der Waals surface area contributed by atoms with Gasteiger partial charge >= 0.3 is 5.97 Å². The zero-order valence-corrected chi connectivity index (χ0v) is 12.9. The van der Waals surface area contributed by atoms with Crippen molar-refractivity contribution in [2.45, 2.75) is 28.8 Å². The van der Waals surface area contributed by atoms with Gasteiger partial charge < -0.3 is 10.4 Å². The Bertz CT molecular complexity index is 686. The summed E-state index contributed by atoms with van der Waals surface area (Å²) in [4.78, 5) is 11.0. The van der Waals surface area contributed by atoms with Gasteiger partial charge in [0.05, 0.1) is 21.5 Å². The van der Waals surface area contributed by atoms with E-state index in [-0.39, 0.29) is 17.3 Å². The Balaban J connectivity index is 1.91. The SMILES string of the molecule is C[C@H]1CC(Nc2cc(C(=O)O)ccc2F)c2ccsc2S1. The molecule has 1 aliphatic heterocycles. The highest BCUT2D eigenvalue weighted by Crippen LogP contribution is 2.45. The summed E-state index contributed by atoms with van der Waals surface area (Å²) in [6, 6.07) is 5.89. The molecule has 0 amide bonds. The van der Waals surface area contributed by atoms with Crippen molar-refractivity contribution in [3.63, 3.8) is 0 Å². The van der Waals surface area contributed by atoms with Crippen LogP contribution in [-0.2, 0) is 0 Å². The summed E-state index contributed by atoms with van der Waals surface area (Å²) in [6.45, 7) is 2.14. The second kappa shape index (κ2) is 5.69. The van der Waals surface area contributed by atoms with Gasteiger partial charge in [0, 0.05) is 5.25 Å². The van der Waals surface area contributed by atoms with Crippen LogP contribution >= 0.6 is 23.1 Å². The molecule has 1 aromatic heterocycles. The molecule has 6 heteroatoms. The summed E-state index contributed by atoms with van der Waals surface area (Å²) < 4.78 is 15.2. The summed E-state index contributed by atoms with van der Waals surface area (Å²) in [6.07, 6.45) is 0.880. The number of carboxylic acid groups (broad SMARTS) is 1. The van der Waals surface area contributed by atoms with Crippen LogP contribution in [-0.4, -0.2) is 16.3 Å². The first kappa shape index (κ1) is 14.4. The minimum Gasteiger partial charge on any atom is -0.478 e. The summed E-state index contributed by atoms with van der Waals surface area (Å²) in [5.74, 6) is -1.48. The van der Waals surface area contributed by atoms with Crippen LogP contribution in [0.25, 0.3) is 0 Å². The summed E-state index contributed by atoms with van der Waals surface area (Å²) in [7, 11) is 0. The van der Waals surface area contributed by atoms with Gasteiger partial charge in [0.1, 0.15) is 5.82 Å². The van der Waals surface area contributed by atoms with E-state index in [0.29, 0.717) is 5.25 Å². The zero-order chi connectivity index (χ0) is 15.0. The van der Waals surface area contributed by atoms with E-state index in [0.717, 1.165) is 6.42 Å². The first-order valence-corrected chi connectivity index (χ1v) is 8.34. The number of anilines is 1. The first-order chi connectivity index (χ1) is 10.0. The molecule has 3 rings (SSSR count). The molecular weight excluding hydrogens is 309 g/mol. The van der Waals surface area contributed by atoms with Gasteiger partial charge in [-0.25, -0.2) is 9.18 Å². The minimum absolute atomic E-state index is 0.0149. The van der Waals surface area contributed by atoms with Crippen LogP contribution in [0.5, 0.6) is 0 Å². The molecule has 0 fully saturated rings. The summed E-state index contributed by atoms with van der Waals surface area (Å²) >= 11 is 3.53. The molecule has 0 saturated heterocycles. The van der Waals surface area contributed by atoms with Gasteiger partial charge in [0.2, 0.25) is 0 Å². The lowest BCUT2D eigenvalue weighted by molar-refractivity contribution is 0.0697. The standard InChI is InChI=1S/C15H14FNO2S2/c1-8-6-12(10-4-5-20-15(10)21-8)17-13-7-9(14(18)19)2-3-11(13)16/h2-5,7-8,12,17H,6H2,1H3,(H,18,19)/t8-,12?/m0/s1. The van der Waals surface area contributed by atoms with Crippen LogP contribution in [0.15, 0.2) is 33.9 Å². The highest BCUT2D eigenvalue weighted by Gasteiger charge is 2.27. The molecule has 0 bridgehead atoms. The number of fused-ring (bicyclic) bond motifs is 1. The second-order valence-corrected chi connectivity index (χ2v) is 7.65. The van der Waals surface area contributed by atoms with Crippen molar-refractivity contribution in [2.24, 2.45) is 0 Å². The number of benzene rings is 1. The second-order valence-electron chi connectivity index (χ2n) is 5.02. The maximum atomic E-state index is 13.9. The summed E-state index contributed by atoms with van der Waals surface area (Å²) in [5, 5.41) is 14.7. The van der Waals surface area contributed by atoms with Crippen LogP contribution < -0.4 is 5.32 Å². The average Bonchev–Trinajstić information content (AvgIpc) is 2.89. The normalized spacial score (nSPS) is 20.9. The molecule has 1 aliphatic rings. The smallest absolute Gasteiger partial charge is 0.335 e. The van der Waals surface area contributed by atoms with E-state index in [1.165, 1.54) is 28.0 Å². The van der Waals surface area contributed by atoms with Crippen LogP contribution in [0.1, 0.15) is 35.3 Å². The van der Waals surface area contributed by atoms with Crippen molar-refractivity contribution in [1.82, 2.24) is 0 Å². The van der Waals surface area contributed by atoms with E-state index < -0.39 is 11.8 Å². The van der Waals surface area contributed by atoms with Crippen molar-refractivity contribution >= 4 is 34.8 Å². The molecule has 2 atom stereocenters. The van der Waals surface area contributed by atoms with Crippen LogP contribution in [0.3, 0.4) is 0 Å². The van der Waals surface area contributed by atoms with Crippen LogP contribution in [0.2, 0.25) is 0 Å². The molecule has 3 nitrogen and oxygen atoms in total. The van der Waals surface area contributed by atoms with Gasteiger partial charge in [-0.1, -0.05) is 6.92 Å². The molecule has 21 heavy (non-hydrogen) atoms. The van der Waals surface area contributed by atoms with Gasteiger partial charge in [0.15, 0.2) is 0 Å². The average molecular weight is 323 g/mol. The molecular formula is C15H14FNO2S2. The third kappa shape index (κ3) is 2.91. The van der Waals surface area contributed by atoms with Crippen LogP contribution in [0.4, 0.5) is 10.1 Å². The number of thiophene rings is 1. The van der Waals surface area contributed by atoms with Crippen molar-refractivity contribution in [3.8, 4) is 0 Å². The number of halogens is 1. The fourth-order valence-electron chi connectivity index (χ4n) is 2.44. The van der Waals surface area contributed by atoms with E-state index >= 15 is 0 Å². The number of carboxylic acids is 1. The third-order valence-corrected chi connectivity index (χ3v) is 5.80. The Morgan fingerprint density at radius 2 is 2.24 bits per heavy atom. The molecule has 0 radical (unpaired) electrons. The minimum atomic E-state index is -1.05. The van der Waals surface area contributed by atoms with E-state index in [1.54, 1.807) is 11.3 Å². The van der Waals surface area contributed by atoms with Gasteiger partial charge in [-0.3, -0.25) is 0 Å². The zero-order valence-electron chi connectivity index (χ0n) is 11.3. The lowest BCUT2D eigenvalue weighted by Crippen LogP contribution is -2.19. The van der Waals surface area contributed by atoms with Crippen LogP contribution in [0, 0.1) is 5.82 Å². The van der Waals surface area contributed by atoms with Crippen molar-refractivity contribution in [1.29, 1.82) is 0 Å². The van der Waals surface area contributed by atoms with Gasteiger partial charge in [0.25, 0.3) is 0 Å². The Hall–Kier alpha value is -1.53. The fourth-order valence-corrected chi connectivity index (χ4v) is 5.01. The predicted molar refractivity (Wildman–Crippen MR) is 84.0 cm³/mol. The predicted octanol–water partition coefficient (Wildman–Crippen LogP) is 4.62. The number of aromatic carboxylic acids is 1. The lowest BCUT2D eigenvalue weighted by atomic mass is 10.0. The number of thioether (sulfide) groups is 1. The van der Waals surface area contributed by atoms with Gasteiger partial charge in [-0.15, -0.1) is 23.1 Å². The monoisotopic (exact) mass is 323 g/mol. The fraction of sp³-hybridized carbons (Fsp3) is 0.267. The van der Waals surface area contributed by atoms with E-state index in [9.17, 15) is 9.18 Å². The molecule has 1 unspecified atom stereocenters. The van der Waals surface area contributed by atoms with E-state index in [1.807, 2.05) is 17.1 Å². The Morgan fingerprint density at radius 1 is 1.43 bits per heavy atom. The first-order valence-electron chi connectivity index (χ1n) is 6.58. The highest BCUT2D eigenvalue weighted by molar-refractivity contribution is 8.01. The molecule has 2 aromatic rings. The molecule has 1 aromatic carbocycles. The third-order valence-electron chi connectivity index (χ3n) is 3.45. The Labute approximate surface area is 130 Å². The largest absolute Gasteiger partial charge is 0.478 e. The number of hydrogen-bond donors (Lipinski definition) is 2. The number of carbonyl (C=O) groups is 1. The Morgan fingerprint density at radius 3 is 3.00 bits per heavy atom. The maximum Gasteiger partial charge on any atom is 0.335 e. The molecule has 110 valence electrons. The molecule has 0 saturated carbocycles. The van der Waals surface area contributed by atoms with Gasteiger partial charge in [-0.2, -0.15) is 0 Å².